The normalized spacial score (nSPS) is 28.8. The van der Waals surface area contributed by atoms with Crippen LogP contribution in [-0.4, -0.2) is 31.0 Å². The van der Waals surface area contributed by atoms with Gasteiger partial charge in [0.2, 0.25) is 0 Å². The van der Waals surface area contributed by atoms with Crippen molar-refractivity contribution in [2.24, 2.45) is 0 Å². The molecule has 2 N–H and O–H groups in total. The van der Waals surface area contributed by atoms with E-state index in [-0.39, 0.29) is 22.2 Å². The van der Waals surface area contributed by atoms with E-state index in [0.717, 1.165) is 0 Å². The van der Waals surface area contributed by atoms with Crippen LogP contribution in [-0.2, 0) is 11.8 Å². The SMILES string of the molecule is CC(C)(C)NP1N(C(C)(C)C)P(=S)(NC(C)(C)C)N1C(C)(C)C. The quantitative estimate of drug-likeness (QED) is 0.624. The van der Waals surface area contributed by atoms with Crippen LogP contribution in [0.15, 0.2) is 0 Å². The van der Waals surface area contributed by atoms with Crippen molar-refractivity contribution < 1.29 is 0 Å². The summed E-state index contributed by atoms with van der Waals surface area (Å²) < 4.78 is 5.12. The van der Waals surface area contributed by atoms with Crippen LogP contribution >= 0.6 is 14.9 Å². The van der Waals surface area contributed by atoms with Crippen LogP contribution in [0.2, 0.25) is 0 Å². The maximum Gasteiger partial charge on any atom is 0.155 e. The Kier molecular flexibility index (Phi) is 5.98. The smallest absolute Gasteiger partial charge is 0.155 e. The summed E-state index contributed by atoms with van der Waals surface area (Å²) >= 11 is 6.31. The third kappa shape index (κ3) is 5.20. The minimum atomic E-state index is -2.00. The van der Waals surface area contributed by atoms with Gasteiger partial charge in [-0.3, -0.25) is 10.2 Å². The van der Waals surface area contributed by atoms with Gasteiger partial charge in [-0.25, -0.2) is 0 Å². The fourth-order valence-corrected chi connectivity index (χ4v) is 14.0. The first-order chi connectivity index (χ1) is 9.79. The van der Waals surface area contributed by atoms with Crippen molar-refractivity contribution in [3.05, 3.63) is 0 Å². The Morgan fingerprint density at radius 3 is 1.26 bits per heavy atom. The van der Waals surface area contributed by atoms with Gasteiger partial charge >= 0.3 is 0 Å². The van der Waals surface area contributed by atoms with Crippen molar-refractivity contribution in [3.8, 4) is 0 Å². The van der Waals surface area contributed by atoms with Crippen molar-refractivity contribution in [2.75, 3.05) is 0 Å². The van der Waals surface area contributed by atoms with Crippen molar-refractivity contribution >= 4 is 26.7 Å². The van der Waals surface area contributed by atoms with E-state index >= 15 is 0 Å². The summed E-state index contributed by atoms with van der Waals surface area (Å²) in [6.07, 6.45) is 0. The Morgan fingerprint density at radius 1 is 0.696 bits per heavy atom. The lowest BCUT2D eigenvalue weighted by Crippen LogP contribution is -2.63. The van der Waals surface area contributed by atoms with E-state index in [4.69, 9.17) is 11.8 Å². The molecule has 1 fully saturated rings. The Labute approximate surface area is 151 Å². The van der Waals surface area contributed by atoms with Gasteiger partial charge in [0.05, 0.1) is 0 Å². The third-order valence-electron chi connectivity index (χ3n) is 2.99. The highest BCUT2D eigenvalue weighted by Crippen LogP contribution is 2.83. The highest BCUT2D eigenvalue weighted by molar-refractivity contribution is 8.18. The topological polar surface area (TPSA) is 30.5 Å². The average Bonchev–Trinajstić information content (AvgIpc) is 2.03. The molecule has 0 bridgehead atoms. The fraction of sp³-hybridized carbons (Fsp3) is 1.00. The molecular formula is C16H38N4P2S. The highest BCUT2D eigenvalue weighted by Gasteiger charge is 2.61. The Balaban J connectivity index is 3.37. The van der Waals surface area contributed by atoms with Crippen molar-refractivity contribution in [2.45, 2.75) is 105 Å². The molecule has 0 atom stereocenters. The second-order valence-electron chi connectivity index (χ2n) is 10.5. The summed E-state index contributed by atoms with van der Waals surface area (Å²) in [7, 11) is -0.630. The second kappa shape index (κ2) is 6.27. The molecule has 0 amide bonds. The number of rotatable bonds is 2. The molecule has 0 saturated carbocycles. The molecule has 1 aliphatic rings. The molecule has 1 heterocycles. The molecule has 1 rings (SSSR count). The zero-order valence-electron chi connectivity index (χ0n) is 17.2. The van der Waals surface area contributed by atoms with Gasteiger partial charge in [-0.2, -0.15) is 8.88 Å². The standard InChI is InChI=1S/C16H38N4P2S/c1-13(2,3)17-21-19(15(7,8)9)22(23,18-14(4,5)6)20(21)16(10,11)12/h17H,1-12H3,(H,18,23). The lowest BCUT2D eigenvalue weighted by molar-refractivity contribution is 0.259. The van der Waals surface area contributed by atoms with Crippen LogP contribution in [0.1, 0.15) is 83.1 Å². The summed E-state index contributed by atoms with van der Waals surface area (Å²) in [5, 5.41) is 7.66. The van der Waals surface area contributed by atoms with Gasteiger partial charge in [0.15, 0.2) is 6.49 Å². The number of nitrogens with zero attached hydrogens (tertiary/aromatic N) is 2. The van der Waals surface area contributed by atoms with Crippen molar-refractivity contribution in [1.29, 1.82) is 0 Å². The maximum absolute atomic E-state index is 6.31. The predicted octanol–water partition coefficient (Wildman–Crippen LogP) is 5.43. The van der Waals surface area contributed by atoms with Crippen molar-refractivity contribution in [3.63, 3.8) is 0 Å². The summed E-state index contributed by atoms with van der Waals surface area (Å²) in [6, 6.07) is 0. The van der Waals surface area contributed by atoms with Crippen LogP contribution in [0.25, 0.3) is 0 Å². The van der Waals surface area contributed by atoms with Crippen LogP contribution < -0.4 is 10.2 Å². The molecule has 23 heavy (non-hydrogen) atoms. The number of hydrogen-bond acceptors (Lipinski definition) is 2. The molecule has 0 aliphatic carbocycles. The molecular weight excluding hydrogens is 342 g/mol. The molecule has 0 unspecified atom stereocenters. The number of hydrogen-bond donors (Lipinski definition) is 2. The first-order valence-electron chi connectivity index (χ1n) is 8.38. The molecule has 0 spiro atoms. The Hall–Kier alpha value is 0.920. The minimum absolute atomic E-state index is 0.00825. The minimum Gasteiger partial charge on any atom is -0.265 e. The number of nitrogens with one attached hydrogen (secondary N) is 2. The molecule has 138 valence electrons. The van der Waals surface area contributed by atoms with E-state index in [1.807, 2.05) is 0 Å². The van der Waals surface area contributed by atoms with Crippen molar-refractivity contribution in [1.82, 2.24) is 19.1 Å². The molecule has 0 aromatic heterocycles. The van der Waals surface area contributed by atoms with Gasteiger partial charge in [-0.15, -0.1) is 0 Å². The Bertz CT molecular complexity index is 454. The van der Waals surface area contributed by atoms with Gasteiger partial charge in [0, 0.05) is 22.2 Å². The van der Waals surface area contributed by atoms with E-state index in [9.17, 15) is 0 Å². The summed E-state index contributed by atoms with van der Waals surface area (Å²) in [4.78, 5) is 0. The van der Waals surface area contributed by atoms with E-state index in [2.05, 4.69) is 102 Å². The summed E-state index contributed by atoms with van der Waals surface area (Å²) in [5.41, 5.74) is 0.103. The van der Waals surface area contributed by atoms with Crippen LogP contribution in [0.4, 0.5) is 0 Å². The Morgan fingerprint density at radius 2 is 1.04 bits per heavy atom. The lowest BCUT2D eigenvalue weighted by atomic mass is 10.1. The van der Waals surface area contributed by atoms with Crippen LogP contribution in [0, 0.1) is 0 Å². The molecule has 7 heteroatoms. The second-order valence-corrected chi connectivity index (χ2v) is 16.4. The van der Waals surface area contributed by atoms with E-state index < -0.39 is 14.9 Å². The van der Waals surface area contributed by atoms with E-state index in [1.54, 1.807) is 0 Å². The first kappa shape index (κ1) is 22.0. The lowest BCUT2D eigenvalue weighted by Gasteiger charge is -2.68. The summed E-state index contributed by atoms with van der Waals surface area (Å²) in [5.74, 6) is 0. The van der Waals surface area contributed by atoms with E-state index in [0.29, 0.717) is 0 Å². The van der Waals surface area contributed by atoms with Gasteiger partial charge in [-0.05, 0) is 94.9 Å². The molecule has 1 saturated heterocycles. The van der Waals surface area contributed by atoms with Crippen LogP contribution in [0.3, 0.4) is 0 Å². The van der Waals surface area contributed by atoms with E-state index in [1.165, 1.54) is 0 Å². The summed E-state index contributed by atoms with van der Waals surface area (Å²) in [6.45, 7) is 25.0. The van der Waals surface area contributed by atoms with Gasteiger partial charge in [0.25, 0.3) is 0 Å². The molecule has 0 radical (unpaired) electrons. The molecule has 1 aliphatic heterocycles. The zero-order chi connectivity index (χ0) is 18.6. The maximum atomic E-state index is 6.31. The zero-order valence-corrected chi connectivity index (χ0v) is 19.8. The van der Waals surface area contributed by atoms with Crippen LogP contribution in [0.5, 0.6) is 0 Å². The van der Waals surface area contributed by atoms with Gasteiger partial charge in [-0.1, -0.05) is 0 Å². The molecule has 0 aromatic carbocycles. The first-order valence-corrected chi connectivity index (χ1v) is 12.3. The predicted molar refractivity (Wildman–Crippen MR) is 110 cm³/mol. The monoisotopic (exact) mass is 380 g/mol. The van der Waals surface area contributed by atoms with Gasteiger partial charge < -0.3 is 0 Å². The largest absolute Gasteiger partial charge is 0.265 e. The molecule has 0 aromatic rings. The fourth-order valence-electron chi connectivity index (χ4n) is 2.67. The molecule has 4 nitrogen and oxygen atoms in total. The highest BCUT2D eigenvalue weighted by atomic mass is 32.5. The van der Waals surface area contributed by atoms with Gasteiger partial charge in [0.1, 0.15) is 8.37 Å². The average molecular weight is 381 g/mol. The third-order valence-corrected chi connectivity index (χ3v) is 13.5.